The lowest BCUT2D eigenvalue weighted by Crippen LogP contribution is -2.35. The zero-order chi connectivity index (χ0) is 14.0. The van der Waals surface area contributed by atoms with Crippen molar-refractivity contribution in [2.45, 2.75) is 58.5 Å². The molecule has 1 fully saturated rings. The molecule has 0 heterocycles. The van der Waals surface area contributed by atoms with E-state index >= 15 is 0 Å². The molecule has 1 aromatic rings. The maximum absolute atomic E-state index is 13.9. The highest BCUT2D eigenvalue weighted by Gasteiger charge is 2.22. The summed E-state index contributed by atoms with van der Waals surface area (Å²) < 4.78 is 27.5. The van der Waals surface area contributed by atoms with Crippen LogP contribution in [0.2, 0.25) is 0 Å². The van der Waals surface area contributed by atoms with E-state index in [9.17, 15) is 8.78 Å². The molecule has 1 aliphatic carbocycles. The number of aryl methyl sites for hydroxylation is 1. The normalized spacial score (nSPS) is 25.3. The molecule has 1 N–H and O–H groups in total. The van der Waals surface area contributed by atoms with Gasteiger partial charge in [-0.25, -0.2) is 8.78 Å². The van der Waals surface area contributed by atoms with Crippen molar-refractivity contribution in [3.63, 3.8) is 0 Å². The molecule has 3 unspecified atom stereocenters. The third kappa shape index (κ3) is 3.53. The highest BCUT2D eigenvalue weighted by molar-refractivity contribution is 5.27. The molecule has 0 bridgehead atoms. The molecule has 0 aromatic heterocycles. The third-order valence-corrected chi connectivity index (χ3v) is 4.17. The Morgan fingerprint density at radius 2 is 1.95 bits per heavy atom. The minimum Gasteiger partial charge on any atom is -0.307 e. The van der Waals surface area contributed by atoms with Gasteiger partial charge >= 0.3 is 0 Å². The SMILES string of the molecule is Cc1cc(F)c(C(C)NC2CCCC(C)C2)cc1F. The smallest absolute Gasteiger partial charge is 0.128 e. The van der Waals surface area contributed by atoms with E-state index in [4.69, 9.17) is 0 Å². The van der Waals surface area contributed by atoms with Crippen molar-refractivity contribution in [3.8, 4) is 0 Å². The lowest BCUT2D eigenvalue weighted by Gasteiger charge is -2.30. The van der Waals surface area contributed by atoms with Gasteiger partial charge in [0.1, 0.15) is 11.6 Å². The average Bonchev–Trinajstić information content (AvgIpc) is 2.33. The summed E-state index contributed by atoms with van der Waals surface area (Å²) in [6.07, 6.45) is 4.75. The van der Waals surface area contributed by atoms with Crippen molar-refractivity contribution in [2.24, 2.45) is 5.92 Å². The van der Waals surface area contributed by atoms with Crippen molar-refractivity contribution in [1.29, 1.82) is 0 Å². The predicted molar refractivity (Wildman–Crippen MR) is 74.1 cm³/mol. The molecule has 2 rings (SSSR count). The fourth-order valence-electron chi connectivity index (χ4n) is 3.02. The molecule has 3 atom stereocenters. The molecule has 0 aliphatic heterocycles. The fourth-order valence-corrected chi connectivity index (χ4v) is 3.02. The maximum atomic E-state index is 13.9. The summed E-state index contributed by atoms with van der Waals surface area (Å²) >= 11 is 0. The third-order valence-electron chi connectivity index (χ3n) is 4.17. The first kappa shape index (κ1) is 14.4. The van der Waals surface area contributed by atoms with Crippen LogP contribution in [-0.2, 0) is 0 Å². The lowest BCUT2D eigenvalue weighted by molar-refractivity contribution is 0.283. The Labute approximate surface area is 114 Å². The van der Waals surface area contributed by atoms with E-state index < -0.39 is 0 Å². The first-order chi connectivity index (χ1) is 8.97. The molecule has 1 nitrogen and oxygen atoms in total. The summed E-state index contributed by atoms with van der Waals surface area (Å²) in [5.41, 5.74) is 0.793. The van der Waals surface area contributed by atoms with Gasteiger partial charge in [0.15, 0.2) is 0 Å². The maximum Gasteiger partial charge on any atom is 0.128 e. The van der Waals surface area contributed by atoms with Crippen molar-refractivity contribution in [3.05, 3.63) is 34.9 Å². The van der Waals surface area contributed by atoms with Crippen LogP contribution < -0.4 is 5.32 Å². The number of halogens is 2. The molecule has 1 aromatic carbocycles. The zero-order valence-corrected chi connectivity index (χ0v) is 12.0. The molecule has 19 heavy (non-hydrogen) atoms. The molecular weight excluding hydrogens is 244 g/mol. The highest BCUT2D eigenvalue weighted by atomic mass is 19.1. The number of hydrogen-bond donors (Lipinski definition) is 1. The van der Waals surface area contributed by atoms with Gasteiger partial charge in [-0.05, 0) is 50.3 Å². The van der Waals surface area contributed by atoms with Crippen molar-refractivity contribution < 1.29 is 8.78 Å². The average molecular weight is 267 g/mol. The monoisotopic (exact) mass is 267 g/mol. The van der Waals surface area contributed by atoms with Crippen LogP contribution in [0, 0.1) is 24.5 Å². The van der Waals surface area contributed by atoms with E-state index in [1.54, 1.807) is 6.92 Å². The van der Waals surface area contributed by atoms with Gasteiger partial charge in [0.2, 0.25) is 0 Å². The van der Waals surface area contributed by atoms with Crippen LogP contribution >= 0.6 is 0 Å². The summed E-state index contributed by atoms with van der Waals surface area (Å²) in [4.78, 5) is 0. The first-order valence-corrected chi connectivity index (χ1v) is 7.19. The van der Waals surface area contributed by atoms with Crippen LogP contribution in [0.5, 0.6) is 0 Å². The molecule has 0 saturated heterocycles. The Kier molecular flexibility index (Phi) is 4.56. The van der Waals surface area contributed by atoms with Gasteiger partial charge < -0.3 is 5.32 Å². The highest BCUT2D eigenvalue weighted by Crippen LogP contribution is 2.27. The molecule has 0 spiro atoms. The van der Waals surface area contributed by atoms with Crippen LogP contribution in [-0.4, -0.2) is 6.04 Å². The summed E-state index contributed by atoms with van der Waals surface area (Å²) in [7, 11) is 0. The number of nitrogens with one attached hydrogen (secondary N) is 1. The first-order valence-electron chi connectivity index (χ1n) is 7.19. The lowest BCUT2D eigenvalue weighted by atomic mass is 9.86. The molecule has 0 radical (unpaired) electrons. The fraction of sp³-hybridized carbons (Fsp3) is 0.625. The second kappa shape index (κ2) is 6.00. The Morgan fingerprint density at radius 3 is 2.63 bits per heavy atom. The van der Waals surface area contributed by atoms with Gasteiger partial charge in [-0.2, -0.15) is 0 Å². The van der Waals surface area contributed by atoms with E-state index in [0.717, 1.165) is 18.8 Å². The summed E-state index contributed by atoms with van der Waals surface area (Å²) in [6, 6.07) is 2.88. The number of benzene rings is 1. The second-order valence-corrected chi connectivity index (χ2v) is 5.98. The molecule has 1 aliphatic rings. The van der Waals surface area contributed by atoms with Gasteiger partial charge in [0.05, 0.1) is 0 Å². The summed E-state index contributed by atoms with van der Waals surface area (Å²) in [5.74, 6) is 0.0721. The van der Waals surface area contributed by atoms with Crippen molar-refractivity contribution >= 4 is 0 Å². The van der Waals surface area contributed by atoms with Crippen LogP contribution in [0.1, 0.15) is 56.7 Å². The minimum atomic E-state index is -0.331. The molecule has 0 amide bonds. The van der Waals surface area contributed by atoms with Gasteiger partial charge in [-0.15, -0.1) is 0 Å². The Balaban J connectivity index is 2.07. The number of hydrogen-bond acceptors (Lipinski definition) is 1. The van der Waals surface area contributed by atoms with Crippen LogP contribution in [0.4, 0.5) is 8.78 Å². The van der Waals surface area contributed by atoms with Crippen LogP contribution in [0.25, 0.3) is 0 Å². The van der Waals surface area contributed by atoms with E-state index in [-0.39, 0.29) is 17.7 Å². The zero-order valence-electron chi connectivity index (χ0n) is 12.0. The number of rotatable bonds is 3. The van der Waals surface area contributed by atoms with Crippen LogP contribution in [0.15, 0.2) is 12.1 Å². The Hall–Kier alpha value is -0.960. The van der Waals surface area contributed by atoms with Gasteiger partial charge in [0, 0.05) is 17.6 Å². The molecule has 1 saturated carbocycles. The minimum absolute atomic E-state index is 0.148. The summed E-state index contributed by atoms with van der Waals surface area (Å²) in [6.45, 7) is 5.75. The standard InChI is InChI=1S/C16H23F2N/c1-10-5-4-6-13(7-10)19-12(3)14-9-15(17)11(2)8-16(14)18/h8-10,12-13,19H,4-7H2,1-3H3. The molecule has 106 valence electrons. The van der Waals surface area contributed by atoms with E-state index in [2.05, 4.69) is 12.2 Å². The van der Waals surface area contributed by atoms with Gasteiger partial charge in [-0.3, -0.25) is 0 Å². The Bertz CT molecular complexity index is 445. The van der Waals surface area contributed by atoms with Crippen LogP contribution in [0.3, 0.4) is 0 Å². The van der Waals surface area contributed by atoms with E-state index in [0.29, 0.717) is 17.2 Å². The largest absolute Gasteiger partial charge is 0.307 e. The quantitative estimate of drug-likeness (QED) is 0.850. The Morgan fingerprint density at radius 1 is 1.21 bits per heavy atom. The van der Waals surface area contributed by atoms with E-state index in [1.807, 2.05) is 6.92 Å². The summed E-state index contributed by atoms with van der Waals surface area (Å²) in [5, 5.41) is 3.45. The topological polar surface area (TPSA) is 12.0 Å². The van der Waals surface area contributed by atoms with Crippen molar-refractivity contribution in [1.82, 2.24) is 5.32 Å². The van der Waals surface area contributed by atoms with Crippen molar-refractivity contribution in [2.75, 3.05) is 0 Å². The van der Waals surface area contributed by atoms with Gasteiger partial charge in [0.25, 0.3) is 0 Å². The molecular formula is C16H23F2N. The second-order valence-electron chi connectivity index (χ2n) is 5.98. The predicted octanol–water partition coefficient (Wildman–Crippen LogP) is 4.50. The molecule has 3 heteroatoms. The van der Waals surface area contributed by atoms with E-state index in [1.165, 1.54) is 25.0 Å². The van der Waals surface area contributed by atoms with Gasteiger partial charge in [-0.1, -0.05) is 19.8 Å².